The first-order valence-corrected chi connectivity index (χ1v) is 8.91. The third-order valence-corrected chi connectivity index (χ3v) is 4.30. The van der Waals surface area contributed by atoms with Gasteiger partial charge in [0.15, 0.2) is 11.5 Å². The van der Waals surface area contributed by atoms with Crippen molar-refractivity contribution in [3.05, 3.63) is 70.7 Å². The Hall–Kier alpha value is -3.19. The molecule has 0 amide bonds. The Morgan fingerprint density at radius 2 is 1.63 bits per heavy atom. The van der Waals surface area contributed by atoms with Crippen LogP contribution in [0.25, 0.3) is 0 Å². The molecule has 0 unspecified atom stereocenters. The predicted molar refractivity (Wildman–Crippen MR) is 106 cm³/mol. The standard InChI is InChI=1S/C20H14BrN3O3/c21-14-2-1-3-16(9-14)23-24-17-4-6-18(25)13(8-17)11-22-15-5-7-19-20(10-15)27-12-26-19/h1-11,25H,12H2. The van der Waals surface area contributed by atoms with Crippen LogP contribution in [0.15, 0.2) is 80.4 Å². The summed E-state index contributed by atoms with van der Waals surface area (Å²) in [6.07, 6.45) is 1.57. The summed E-state index contributed by atoms with van der Waals surface area (Å²) < 4.78 is 11.6. The van der Waals surface area contributed by atoms with Crippen molar-refractivity contribution in [2.75, 3.05) is 6.79 Å². The Kier molecular flexibility index (Phi) is 4.84. The Morgan fingerprint density at radius 1 is 0.852 bits per heavy atom. The number of ether oxygens (including phenoxy) is 2. The lowest BCUT2D eigenvalue weighted by atomic mass is 10.2. The van der Waals surface area contributed by atoms with Gasteiger partial charge in [-0.3, -0.25) is 4.99 Å². The number of aliphatic imine (C=N–C) groups is 1. The minimum atomic E-state index is 0.112. The maximum absolute atomic E-state index is 10.1. The first-order valence-electron chi connectivity index (χ1n) is 8.11. The second kappa shape index (κ2) is 7.59. The van der Waals surface area contributed by atoms with E-state index in [1.807, 2.05) is 30.3 Å². The summed E-state index contributed by atoms with van der Waals surface area (Å²) in [7, 11) is 0. The van der Waals surface area contributed by atoms with Crippen molar-refractivity contribution in [2.45, 2.75) is 0 Å². The van der Waals surface area contributed by atoms with Gasteiger partial charge in [0.2, 0.25) is 6.79 Å². The van der Waals surface area contributed by atoms with Gasteiger partial charge in [-0.05, 0) is 48.5 Å². The average molecular weight is 424 g/mol. The second-order valence-electron chi connectivity index (χ2n) is 5.72. The number of aromatic hydroxyl groups is 1. The molecule has 1 N–H and O–H groups in total. The monoisotopic (exact) mass is 423 g/mol. The minimum Gasteiger partial charge on any atom is -0.507 e. The highest BCUT2D eigenvalue weighted by Gasteiger charge is 2.12. The molecule has 0 bridgehead atoms. The zero-order chi connectivity index (χ0) is 18.6. The Bertz CT molecular complexity index is 1050. The summed E-state index contributed by atoms with van der Waals surface area (Å²) in [6.45, 7) is 0.217. The van der Waals surface area contributed by atoms with Crippen LogP contribution in [0.2, 0.25) is 0 Å². The maximum Gasteiger partial charge on any atom is 0.231 e. The van der Waals surface area contributed by atoms with Gasteiger partial charge in [0, 0.05) is 22.3 Å². The van der Waals surface area contributed by atoms with E-state index in [0.717, 1.165) is 10.2 Å². The molecule has 0 saturated heterocycles. The fraction of sp³-hybridized carbons (Fsp3) is 0.0500. The lowest BCUT2D eigenvalue weighted by Gasteiger charge is -2.01. The molecular weight excluding hydrogens is 410 g/mol. The van der Waals surface area contributed by atoms with Crippen molar-refractivity contribution in [2.24, 2.45) is 15.2 Å². The van der Waals surface area contributed by atoms with E-state index in [0.29, 0.717) is 28.4 Å². The smallest absolute Gasteiger partial charge is 0.231 e. The number of rotatable bonds is 4. The van der Waals surface area contributed by atoms with Crippen molar-refractivity contribution < 1.29 is 14.6 Å². The van der Waals surface area contributed by atoms with Crippen molar-refractivity contribution in [3.8, 4) is 17.2 Å². The van der Waals surface area contributed by atoms with E-state index >= 15 is 0 Å². The Labute approximate surface area is 164 Å². The number of azo groups is 1. The van der Waals surface area contributed by atoms with Crippen LogP contribution in [-0.4, -0.2) is 18.1 Å². The van der Waals surface area contributed by atoms with Crippen molar-refractivity contribution >= 4 is 39.2 Å². The van der Waals surface area contributed by atoms with Crippen LogP contribution in [0.1, 0.15) is 5.56 Å². The highest BCUT2D eigenvalue weighted by molar-refractivity contribution is 9.10. The van der Waals surface area contributed by atoms with Crippen molar-refractivity contribution in [3.63, 3.8) is 0 Å². The van der Waals surface area contributed by atoms with Crippen molar-refractivity contribution in [1.29, 1.82) is 0 Å². The fourth-order valence-corrected chi connectivity index (χ4v) is 2.86. The van der Waals surface area contributed by atoms with Crippen molar-refractivity contribution in [1.82, 2.24) is 0 Å². The topological polar surface area (TPSA) is 75.8 Å². The largest absolute Gasteiger partial charge is 0.507 e. The number of phenolic OH excluding ortho intramolecular Hbond substituents is 1. The molecule has 6 nitrogen and oxygen atoms in total. The van der Waals surface area contributed by atoms with Gasteiger partial charge >= 0.3 is 0 Å². The van der Waals surface area contributed by atoms with E-state index in [1.165, 1.54) is 0 Å². The van der Waals surface area contributed by atoms with Gasteiger partial charge in [-0.1, -0.05) is 22.0 Å². The van der Waals surface area contributed by atoms with Gasteiger partial charge in [0.05, 0.1) is 17.1 Å². The van der Waals surface area contributed by atoms with Gasteiger partial charge in [0.1, 0.15) is 5.75 Å². The number of benzene rings is 3. The average Bonchev–Trinajstić information content (AvgIpc) is 3.14. The summed E-state index contributed by atoms with van der Waals surface area (Å²) in [6, 6.07) is 17.9. The summed E-state index contributed by atoms with van der Waals surface area (Å²) in [5, 5.41) is 18.5. The number of fused-ring (bicyclic) bond motifs is 1. The summed E-state index contributed by atoms with van der Waals surface area (Å²) in [4.78, 5) is 4.39. The molecule has 3 aromatic rings. The second-order valence-corrected chi connectivity index (χ2v) is 6.63. The molecule has 7 heteroatoms. The molecule has 1 heterocycles. The SMILES string of the molecule is Oc1ccc(N=Nc2cccc(Br)c2)cc1C=Nc1ccc2c(c1)OCO2. The highest BCUT2D eigenvalue weighted by Crippen LogP contribution is 2.35. The van der Waals surface area contributed by atoms with E-state index in [-0.39, 0.29) is 12.5 Å². The maximum atomic E-state index is 10.1. The number of nitrogens with zero attached hydrogens (tertiary/aromatic N) is 3. The Balaban J connectivity index is 1.55. The van der Waals surface area contributed by atoms with Crippen LogP contribution >= 0.6 is 15.9 Å². The van der Waals surface area contributed by atoms with Gasteiger partial charge in [-0.15, -0.1) is 0 Å². The first-order chi connectivity index (χ1) is 13.2. The molecule has 134 valence electrons. The molecule has 4 rings (SSSR count). The fourth-order valence-electron chi connectivity index (χ4n) is 2.47. The molecule has 1 aliphatic heterocycles. The van der Waals surface area contributed by atoms with E-state index in [9.17, 15) is 5.11 Å². The van der Waals surface area contributed by atoms with Crippen LogP contribution in [0.3, 0.4) is 0 Å². The zero-order valence-electron chi connectivity index (χ0n) is 14.0. The molecule has 0 spiro atoms. The lowest BCUT2D eigenvalue weighted by Crippen LogP contribution is -1.92. The van der Waals surface area contributed by atoms with Crippen LogP contribution < -0.4 is 9.47 Å². The summed E-state index contributed by atoms with van der Waals surface area (Å²) >= 11 is 3.40. The first kappa shape index (κ1) is 17.2. The molecule has 1 aliphatic rings. The molecule has 0 aromatic heterocycles. The van der Waals surface area contributed by atoms with Gasteiger partial charge < -0.3 is 14.6 Å². The van der Waals surface area contributed by atoms with Crippen LogP contribution in [0, 0.1) is 0 Å². The molecule has 0 atom stereocenters. The van der Waals surface area contributed by atoms with Gasteiger partial charge in [-0.25, -0.2) is 0 Å². The Morgan fingerprint density at radius 3 is 2.48 bits per heavy atom. The molecule has 0 aliphatic carbocycles. The number of hydrogen-bond acceptors (Lipinski definition) is 6. The summed E-state index contributed by atoms with van der Waals surface area (Å²) in [5.41, 5.74) is 2.58. The summed E-state index contributed by atoms with van der Waals surface area (Å²) in [5.74, 6) is 1.47. The molecule has 3 aromatic carbocycles. The van der Waals surface area contributed by atoms with Crippen LogP contribution in [-0.2, 0) is 0 Å². The quantitative estimate of drug-likeness (QED) is 0.409. The normalized spacial score (nSPS) is 12.9. The third kappa shape index (κ3) is 4.15. The zero-order valence-corrected chi connectivity index (χ0v) is 15.6. The molecule has 0 radical (unpaired) electrons. The number of halogens is 1. The van der Waals surface area contributed by atoms with Crippen LogP contribution in [0.4, 0.5) is 17.1 Å². The van der Waals surface area contributed by atoms with Gasteiger partial charge in [0.25, 0.3) is 0 Å². The molecule has 27 heavy (non-hydrogen) atoms. The minimum absolute atomic E-state index is 0.112. The number of hydrogen-bond donors (Lipinski definition) is 1. The molecule has 0 fully saturated rings. The highest BCUT2D eigenvalue weighted by atomic mass is 79.9. The van der Waals surface area contributed by atoms with E-state index in [2.05, 4.69) is 31.2 Å². The van der Waals surface area contributed by atoms with Crippen LogP contribution in [0.5, 0.6) is 17.2 Å². The lowest BCUT2D eigenvalue weighted by molar-refractivity contribution is 0.174. The van der Waals surface area contributed by atoms with E-state index in [4.69, 9.17) is 9.47 Å². The van der Waals surface area contributed by atoms with Gasteiger partial charge in [-0.2, -0.15) is 10.2 Å². The third-order valence-electron chi connectivity index (χ3n) is 3.81. The predicted octanol–water partition coefficient (Wildman–Crippen LogP) is 6.05. The van der Waals surface area contributed by atoms with E-state index in [1.54, 1.807) is 36.5 Å². The van der Waals surface area contributed by atoms with E-state index < -0.39 is 0 Å². The number of phenols is 1. The molecular formula is C20H14BrN3O3. The molecule has 0 saturated carbocycles.